The fourth-order valence-electron chi connectivity index (χ4n) is 1.63. The lowest BCUT2D eigenvalue weighted by molar-refractivity contribution is -0.147. The second-order valence-corrected chi connectivity index (χ2v) is 3.97. The normalized spacial score (nSPS) is 22.8. The highest BCUT2D eigenvalue weighted by Gasteiger charge is 2.22. The monoisotopic (exact) mass is 231 g/mol. The lowest BCUT2D eigenvalue weighted by atomic mass is 10.0. The molecule has 0 radical (unpaired) electrons. The van der Waals surface area contributed by atoms with E-state index in [0.717, 1.165) is 12.8 Å². The minimum atomic E-state index is -0.472. The van der Waals surface area contributed by atoms with Gasteiger partial charge in [-0.3, -0.25) is 4.79 Å². The molecular formula is C11H21NO4. The summed E-state index contributed by atoms with van der Waals surface area (Å²) in [5, 5.41) is 11.7. The zero-order valence-electron chi connectivity index (χ0n) is 9.78. The Balaban J connectivity index is 2.22. The van der Waals surface area contributed by atoms with E-state index in [1.165, 1.54) is 0 Å². The van der Waals surface area contributed by atoms with E-state index in [1.807, 2.05) is 6.92 Å². The zero-order valence-corrected chi connectivity index (χ0v) is 9.78. The number of ether oxygens (including phenoxy) is 2. The van der Waals surface area contributed by atoms with Crippen molar-refractivity contribution >= 4 is 5.91 Å². The van der Waals surface area contributed by atoms with Gasteiger partial charge < -0.3 is 19.9 Å². The average molecular weight is 231 g/mol. The van der Waals surface area contributed by atoms with Crippen molar-refractivity contribution in [3.05, 3.63) is 0 Å². The van der Waals surface area contributed by atoms with Crippen molar-refractivity contribution < 1.29 is 19.4 Å². The maximum atomic E-state index is 11.6. The van der Waals surface area contributed by atoms with Crippen LogP contribution in [0.5, 0.6) is 0 Å². The predicted molar refractivity (Wildman–Crippen MR) is 59.1 cm³/mol. The Kier molecular flexibility index (Phi) is 6.37. The maximum absolute atomic E-state index is 11.6. The first kappa shape index (κ1) is 13.4. The predicted octanol–water partition coefficient (Wildman–Crippen LogP) is -0.0734. The maximum Gasteiger partial charge on any atom is 0.251 e. The molecule has 1 fully saturated rings. The van der Waals surface area contributed by atoms with Gasteiger partial charge in [-0.25, -0.2) is 0 Å². The van der Waals surface area contributed by atoms with Crippen molar-refractivity contribution in [3.8, 4) is 0 Å². The Bertz CT molecular complexity index is 204. The molecule has 5 heteroatoms. The number of amides is 1. The van der Waals surface area contributed by atoms with Crippen molar-refractivity contribution in [1.29, 1.82) is 0 Å². The Hall–Kier alpha value is -0.650. The van der Waals surface area contributed by atoms with Gasteiger partial charge in [0.15, 0.2) is 6.10 Å². The standard InChI is InChI=1S/C11H21NO4/c1-2-9(3-4-13)7-12-11(14)10-8-15-5-6-16-10/h9-10,13H,2-8H2,1H3,(H,12,14). The van der Waals surface area contributed by atoms with Crippen LogP contribution in [0.1, 0.15) is 19.8 Å². The van der Waals surface area contributed by atoms with Crippen LogP contribution in [-0.2, 0) is 14.3 Å². The van der Waals surface area contributed by atoms with Gasteiger partial charge in [-0.05, 0) is 12.3 Å². The van der Waals surface area contributed by atoms with E-state index in [-0.39, 0.29) is 12.5 Å². The highest BCUT2D eigenvalue weighted by Crippen LogP contribution is 2.06. The number of nitrogens with one attached hydrogen (secondary N) is 1. The van der Waals surface area contributed by atoms with Gasteiger partial charge >= 0.3 is 0 Å². The molecule has 0 saturated carbocycles. The number of hydrogen-bond donors (Lipinski definition) is 2. The van der Waals surface area contributed by atoms with Gasteiger partial charge in [-0.15, -0.1) is 0 Å². The number of aliphatic hydroxyl groups is 1. The summed E-state index contributed by atoms with van der Waals surface area (Å²) in [7, 11) is 0. The molecule has 0 aromatic carbocycles. The molecular weight excluding hydrogens is 210 g/mol. The van der Waals surface area contributed by atoms with Gasteiger partial charge in [-0.1, -0.05) is 13.3 Å². The summed E-state index contributed by atoms with van der Waals surface area (Å²) in [6.45, 7) is 4.18. The van der Waals surface area contributed by atoms with Crippen LogP contribution in [0.3, 0.4) is 0 Å². The van der Waals surface area contributed by atoms with Crippen LogP contribution in [0, 0.1) is 5.92 Å². The van der Waals surface area contributed by atoms with Gasteiger partial charge in [-0.2, -0.15) is 0 Å². The lowest BCUT2D eigenvalue weighted by Crippen LogP contribution is -2.44. The van der Waals surface area contributed by atoms with Crippen LogP contribution in [-0.4, -0.2) is 50.1 Å². The molecule has 0 aromatic heterocycles. The molecule has 1 aliphatic rings. The van der Waals surface area contributed by atoms with Crippen LogP contribution >= 0.6 is 0 Å². The molecule has 2 N–H and O–H groups in total. The largest absolute Gasteiger partial charge is 0.396 e. The van der Waals surface area contributed by atoms with E-state index in [0.29, 0.717) is 32.3 Å². The molecule has 94 valence electrons. The first-order valence-electron chi connectivity index (χ1n) is 5.85. The van der Waals surface area contributed by atoms with Gasteiger partial charge in [0.05, 0.1) is 19.8 Å². The Morgan fingerprint density at radius 3 is 2.94 bits per heavy atom. The average Bonchev–Trinajstić information content (AvgIpc) is 2.35. The van der Waals surface area contributed by atoms with Gasteiger partial charge in [0.1, 0.15) is 0 Å². The third kappa shape index (κ3) is 4.47. The lowest BCUT2D eigenvalue weighted by Gasteiger charge is -2.23. The zero-order chi connectivity index (χ0) is 11.8. The molecule has 0 aromatic rings. The van der Waals surface area contributed by atoms with Crippen molar-refractivity contribution in [2.45, 2.75) is 25.9 Å². The molecule has 1 amide bonds. The molecule has 1 heterocycles. The minimum absolute atomic E-state index is 0.115. The van der Waals surface area contributed by atoms with Crippen LogP contribution in [0.4, 0.5) is 0 Å². The van der Waals surface area contributed by atoms with Crippen LogP contribution < -0.4 is 5.32 Å². The van der Waals surface area contributed by atoms with Crippen molar-refractivity contribution in [3.63, 3.8) is 0 Å². The third-order valence-corrected chi connectivity index (χ3v) is 2.79. The Labute approximate surface area is 96.1 Å². The molecule has 1 saturated heterocycles. The molecule has 2 unspecified atom stereocenters. The highest BCUT2D eigenvalue weighted by molar-refractivity contribution is 5.80. The first-order chi connectivity index (χ1) is 7.77. The van der Waals surface area contributed by atoms with Crippen molar-refractivity contribution in [2.24, 2.45) is 5.92 Å². The van der Waals surface area contributed by atoms with Crippen LogP contribution in [0.25, 0.3) is 0 Å². The van der Waals surface area contributed by atoms with E-state index < -0.39 is 6.10 Å². The molecule has 5 nitrogen and oxygen atoms in total. The fourth-order valence-corrected chi connectivity index (χ4v) is 1.63. The highest BCUT2D eigenvalue weighted by atomic mass is 16.6. The molecule has 0 aliphatic carbocycles. The van der Waals surface area contributed by atoms with Gasteiger partial charge in [0.2, 0.25) is 0 Å². The van der Waals surface area contributed by atoms with E-state index in [4.69, 9.17) is 14.6 Å². The van der Waals surface area contributed by atoms with Crippen molar-refractivity contribution in [2.75, 3.05) is 33.0 Å². The fraction of sp³-hybridized carbons (Fsp3) is 0.909. The summed E-state index contributed by atoms with van der Waals surface area (Å²) >= 11 is 0. The van der Waals surface area contributed by atoms with Crippen LogP contribution in [0.15, 0.2) is 0 Å². The summed E-state index contributed by atoms with van der Waals surface area (Å²) in [5.41, 5.74) is 0. The van der Waals surface area contributed by atoms with Gasteiger partial charge in [0.25, 0.3) is 5.91 Å². The number of aliphatic hydroxyl groups excluding tert-OH is 1. The summed E-state index contributed by atoms with van der Waals surface area (Å²) in [6.07, 6.45) is 1.20. The number of hydrogen-bond acceptors (Lipinski definition) is 4. The number of rotatable bonds is 6. The first-order valence-corrected chi connectivity index (χ1v) is 5.85. The Morgan fingerprint density at radius 1 is 1.56 bits per heavy atom. The smallest absolute Gasteiger partial charge is 0.251 e. The molecule has 2 atom stereocenters. The molecule has 1 aliphatic heterocycles. The summed E-state index contributed by atoms with van der Waals surface area (Å²) in [5.74, 6) is 0.217. The Morgan fingerprint density at radius 2 is 2.38 bits per heavy atom. The second kappa shape index (κ2) is 7.60. The number of carbonyl (C=O) groups excluding carboxylic acids is 1. The molecule has 16 heavy (non-hydrogen) atoms. The van der Waals surface area contributed by atoms with E-state index >= 15 is 0 Å². The van der Waals surface area contributed by atoms with Gasteiger partial charge in [0, 0.05) is 13.2 Å². The summed E-state index contributed by atoms with van der Waals surface area (Å²) in [6, 6.07) is 0. The summed E-state index contributed by atoms with van der Waals surface area (Å²) < 4.78 is 10.4. The van der Waals surface area contributed by atoms with Crippen molar-refractivity contribution in [1.82, 2.24) is 5.32 Å². The van der Waals surface area contributed by atoms with E-state index in [9.17, 15) is 4.79 Å². The quantitative estimate of drug-likeness (QED) is 0.671. The number of carbonyl (C=O) groups is 1. The minimum Gasteiger partial charge on any atom is -0.396 e. The third-order valence-electron chi connectivity index (χ3n) is 2.79. The second-order valence-electron chi connectivity index (χ2n) is 3.97. The van der Waals surface area contributed by atoms with Crippen LogP contribution in [0.2, 0.25) is 0 Å². The SMILES string of the molecule is CCC(CCO)CNC(=O)C1COCCO1. The van der Waals surface area contributed by atoms with E-state index in [1.54, 1.807) is 0 Å². The summed E-state index contributed by atoms with van der Waals surface area (Å²) in [4.78, 5) is 11.6. The molecule has 0 bridgehead atoms. The molecule has 0 spiro atoms. The topological polar surface area (TPSA) is 67.8 Å². The molecule has 1 rings (SSSR count). The van der Waals surface area contributed by atoms with E-state index in [2.05, 4.69) is 5.32 Å².